The Morgan fingerprint density at radius 1 is 1.30 bits per heavy atom. The van der Waals surface area contributed by atoms with Crippen LogP contribution in [0.15, 0.2) is 41.5 Å². The highest BCUT2D eigenvalue weighted by atomic mass is 19.1. The molecule has 1 N–H and O–H groups in total. The van der Waals surface area contributed by atoms with Gasteiger partial charge < -0.3 is 5.32 Å². The van der Waals surface area contributed by atoms with Crippen LogP contribution >= 0.6 is 0 Å². The number of hydrogen-bond acceptors (Lipinski definition) is 3. The summed E-state index contributed by atoms with van der Waals surface area (Å²) in [6, 6.07) is 7.59. The van der Waals surface area contributed by atoms with Gasteiger partial charge in [-0.1, -0.05) is 26.0 Å². The first-order valence-corrected chi connectivity index (χ1v) is 7.53. The van der Waals surface area contributed by atoms with Crippen LogP contribution in [0.3, 0.4) is 0 Å². The molecule has 0 aliphatic heterocycles. The van der Waals surface area contributed by atoms with Crippen LogP contribution in [0.2, 0.25) is 0 Å². The molecular formula is C17H20FN3O2. The summed E-state index contributed by atoms with van der Waals surface area (Å²) in [5.41, 5.74) is 1.41. The van der Waals surface area contributed by atoms with E-state index in [0.29, 0.717) is 18.7 Å². The minimum absolute atomic E-state index is 0.0619. The summed E-state index contributed by atoms with van der Waals surface area (Å²) in [4.78, 5) is 28.0. The zero-order chi connectivity index (χ0) is 16.8. The molecular weight excluding hydrogens is 297 g/mol. The highest BCUT2D eigenvalue weighted by Crippen LogP contribution is 2.07. The average Bonchev–Trinajstić information content (AvgIpc) is 2.51. The van der Waals surface area contributed by atoms with Crippen LogP contribution in [0.4, 0.5) is 4.39 Å². The van der Waals surface area contributed by atoms with E-state index in [0.717, 1.165) is 5.56 Å². The van der Waals surface area contributed by atoms with E-state index in [1.54, 1.807) is 12.1 Å². The molecule has 0 fully saturated rings. The number of carbonyl (C=O) groups is 1. The fraction of sp³-hybridized carbons (Fsp3) is 0.353. The summed E-state index contributed by atoms with van der Waals surface area (Å²) in [5.74, 6) is -0.371. The smallest absolute Gasteiger partial charge is 0.254 e. The summed E-state index contributed by atoms with van der Waals surface area (Å²) in [5, 5.41) is 2.74. The van der Waals surface area contributed by atoms with Gasteiger partial charge in [-0.25, -0.2) is 9.37 Å². The van der Waals surface area contributed by atoms with Crippen molar-refractivity contribution in [3.05, 3.63) is 64.1 Å². The van der Waals surface area contributed by atoms with Crippen molar-refractivity contribution in [3.8, 4) is 0 Å². The second kappa shape index (κ2) is 7.67. The van der Waals surface area contributed by atoms with Gasteiger partial charge in [-0.2, -0.15) is 0 Å². The third-order valence-corrected chi connectivity index (χ3v) is 3.46. The average molecular weight is 317 g/mol. The molecule has 1 aromatic heterocycles. The monoisotopic (exact) mass is 317 g/mol. The Morgan fingerprint density at radius 2 is 2.00 bits per heavy atom. The second-order valence-corrected chi connectivity index (χ2v) is 5.66. The van der Waals surface area contributed by atoms with Crippen molar-refractivity contribution >= 4 is 5.91 Å². The van der Waals surface area contributed by atoms with Gasteiger partial charge in [0.15, 0.2) is 0 Å². The van der Waals surface area contributed by atoms with Crippen LogP contribution in [0.5, 0.6) is 0 Å². The molecule has 0 bridgehead atoms. The Kier molecular flexibility index (Phi) is 5.62. The van der Waals surface area contributed by atoms with Crippen molar-refractivity contribution in [2.24, 2.45) is 0 Å². The van der Waals surface area contributed by atoms with Crippen LogP contribution in [-0.2, 0) is 17.8 Å². The number of aromatic nitrogens is 2. The summed E-state index contributed by atoms with van der Waals surface area (Å²) in [6.45, 7) is 4.27. The Labute approximate surface area is 134 Å². The van der Waals surface area contributed by atoms with Gasteiger partial charge >= 0.3 is 0 Å². The van der Waals surface area contributed by atoms with Gasteiger partial charge in [0.1, 0.15) is 12.4 Å². The summed E-state index contributed by atoms with van der Waals surface area (Å²) < 4.78 is 14.1. The topological polar surface area (TPSA) is 64.0 Å². The van der Waals surface area contributed by atoms with Crippen LogP contribution in [0, 0.1) is 5.82 Å². The Bertz CT molecular complexity index is 723. The molecule has 0 radical (unpaired) electrons. The van der Waals surface area contributed by atoms with Crippen LogP contribution < -0.4 is 10.9 Å². The molecule has 2 aromatic rings. The third-order valence-electron chi connectivity index (χ3n) is 3.46. The molecule has 6 heteroatoms. The van der Waals surface area contributed by atoms with Gasteiger partial charge in [0.25, 0.3) is 5.56 Å². The highest BCUT2D eigenvalue weighted by Gasteiger charge is 2.07. The van der Waals surface area contributed by atoms with E-state index < -0.39 is 0 Å². The largest absolute Gasteiger partial charge is 0.354 e. The lowest BCUT2D eigenvalue weighted by molar-refractivity contribution is -0.121. The van der Waals surface area contributed by atoms with Crippen molar-refractivity contribution in [2.75, 3.05) is 6.54 Å². The fourth-order valence-electron chi connectivity index (χ4n) is 2.08. The van der Waals surface area contributed by atoms with Gasteiger partial charge in [-0.05, 0) is 30.0 Å². The lowest BCUT2D eigenvalue weighted by atomic mass is 10.1. The summed E-state index contributed by atoms with van der Waals surface area (Å²) in [7, 11) is 0. The number of benzene rings is 1. The number of halogens is 1. The number of nitrogens with zero attached hydrogens (tertiary/aromatic N) is 2. The third kappa shape index (κ3) is 5.02. The SMILES string of the molecule is CC(C)c1cc(=O)n(CC(=O)NCCc2ccc(F)cc2)cn1. The molecule has 0 atom stereocenters. The molecule has 1 heterocycles. The molecule has 0 aliphatic carbocycles. The molecule has 0 saturated heterocycles. The van der Waals surface area contributed by atoms with Gasteiger partial charge in [0.05, 0.1) is 12.0 Å². The van der Waals surface area contributed by atoms with Crippen LogP contribution in [0.25, 0.3) is 0 Å². The predicted molar refractivity (Wildman–Crippen MR) is 85.7 cm³/mol. The molecule has 1 aromatic carbocycles. The van der Waals surface area contributed by atoms with E-state index in [1.165, 1.54) is 29.1 Å². The number of amides is 1. The minimum atomic E-state index is -0.283. The Hall–Kier alpha value is -2.50. The lowest BCUT2D eigenvalue weighted by Crippen LogP contribution is -2.33. The van der Waals surface area contributed by atoms with Crippen LogP contribution in [-0.4, -0.2) is 22.0 Å². The molecule has 0 saturated carbocycles. The van der Waals surface area contributed by atoms with Crippen molar-refractivity contribution in [1.82, 2.24) is 14.9 Å². The fourth-order valence-corrected chi connectivity index (χ4v) is 2.08. The minimum Gasteiger partial charge on any atom is -0.354 e. The summed E-state index contributed by atoms with van der Waals surface area (Å²) >= 11 is 0. The zero-order valence-corrected chi connectivity index (χ0v) is 13.3. The molecule has 0 spiro atoms. The quantitative estimate of drug-likeness (QED) is 0.884. The number of nitrogens with one attached hydrogen (secondary N) is 1. The standard InChI is InChI=1S/C17H20FN3O2/c1-12(2)15-9-17(23)21(11-20-15)10-16(22)19-8-7-13-3-5-14(18)6-4-13/h3-6,9,11-12H,7-8,10H2,1-2H3,(H,19,22). The molecule has 0 unspecified atom stereocenters. The van der Waals surface area contributed by atoms with Gasteiger partial charge in [-0.3, -0.25) is 14.2 Å². The van der Waals surface area contributed by atoms with E-state index in [9.17, 15) is 14.0 Å². The first kappa shape index (κ1) is 16.9. The first-order valence-electron chi connectivity index (χ1n) is 7.53. The second-order valence-electron chi connectivity index (χ2n) is 5.66. The Morgan fingerprint density at radius 3 is 2.61 bits per heavy atom. The molecule has 1 amide bonds. The van der Waals surface area contributed by atoms with Gasteiger partial charge in [0, 0.05) is 12.6 Å². The van der Waals surface area contributed by atoms with E-state index in [-0.39, 0.29) is 29.7 Å². The maximum Gasteiger partial charge on any atom is 0.254 e. The molecule has 5 nitrogen and oxygen atoms in total. The number of carbonyl (C=O) groups excluding carboxylic acids is 1. The maximum absolute atomic E-state index is 12.8. The van der Waals surface area contributed by atoms with E-state index in [4.69, 9.17) is 0 Å². The van der Waals surface area contributed by atoms with E-state index >= 15 is 0 Å². The molecule has 122 valence electrons. The molecule has 23 heavy (non-hydrogen) atoms. The highest BCUT2D eigenvalue weighted by molar-refractivity contribution is 5.75. The summed E-state index contributed by atoms with van der Waals surface area (Å²) in [6.07, 6.45) is 2.00. The normalized spacial score (nSPS) is 10.8. The maximum atomic E-state index is 12.8. The van der Waals surface area contributed by atoms with Crippen LogP contribution in [0.1, 0.15) is 31.0 Å². The lowest BCUT2D eigenvalue weighted by Gasteiger charge is -2.09. The van der Waals surface area contributed by atoms with Crippen molar-refractivity contribution in [3.63, 3.8) is 0 Å². The molecule has 0 aliphatic rings. The van der Waals surface area contributed by atoms with Crippen molar-refractivity contribution in [1.29, 1.82) is 0 Å². The predicted octanol–water partition coefficient (Wildman–Crippen LogP) is 1.86. The molecule has 2 rings (SSSR count). The van der Waals surface area contributed by atoms with Crippen molar-refractivity contribution < 1.29 is 9.18 Å². The van der Waals surface area contributed by atoms with E-state index in [2.05, 4.69) is 10.3 Å². The van der Waals surface area contributed by atoms with E-state index in [1.807, 2.05) is 13.8 Å². The number of rotatable bonds is 6. The van der Waals surface area contributed by atoms with Gasteiger partial charge in [0.2, 0.25) is 5.91 Å². The Balaban J connectivity index is 1.85. The zero-order valence-electron chi connectivity index (χ0n) is 13.3. The number of hydrogen-bond donors (Lipinski definition) is 1. The van der Waals surface area contributed by atoms with Crippen molar-refractivity contribution in [2.45, 2.75) is 32.7 Å². The first-order chi connectivity index (χ1) is 11.0. The van der Waals surface area contributed by atoms with Gasteiger partial charge in [-0.15, -0.1) is 0 Å².